The number of benzene rings is 5. The van der Waals surface area contributed by atoms with Crippen LogP contribution in [0.25, 0.3) is 55.7 Å². The number of hydrogen-bond acceptors (Lipinski definition) is 4. The van der Waals surface area contributed by atoms with E-state index in [1.165, 1.54) is 11.1 Å². The van der Waals surface area contributed by atoms with Crippen molar-refractivity contribution in [2.45, 2.75) is 52.4 Å². The monoisotopic (exact) mass is 736 g/mol. The standard InChI is InChI=1S/C50H45N2O2P/c1-49(2,3)38-27-36(28-39(32-38)50(4,5)6)37-30-43(52-44(31-37)42-19-10-11-20-45(42)53)35-17-14-18-40(29-35)55(46-21-12-13-25-51-46)48-41(33-15-8-7-9-16-33)23-22-34-24-26-54-47(34)48/h7-32,53H,1-6H3. The molecule has 4 nitrogen and oxygen atoms in total. The topological polar surface area (TPSA) is 59.2 Å². The number of phenolic OH excluding ortho intramolecular Hbond substituents is 1. The van der Waals surface area contributed by atoms with E-state index in [0.717, 1.165) is 60.5 Å². The first-order valence-corrected chi connectivity index (χ1v) is 20.1. The first-order chi connectivity index (χ1) is 26.4. The largest absolute Gasteiger partial charge is 0.507 e. The van der Waals surface area contributed by atoms with Gasteiger partial charge in [0.25, 0.3) is 0 Å². The van der Waals surface area contributed by atoms with Gasteiger partial charge in [0.05, 0.1) is 23.1 Å². The lowest BCUT2D eigenvalue weighted by atomic mass is 9.79. The van der Waals surface area contributed by atoms with E-state index >= 15 is 0 Å². The lowest BCUT2D eigenvalue weighted by Gasteiger charge is -2.26. The lowest BCUT2D eigenvalue weighted by molar-refractivity contribution is 0.477. The number of rotatable bonds is 7. The Hall–Kier alpha value is -5.83. The van der Waals surface area contributed by atoms with Crippen LogP contribution in [0, 0.1) is 0 Å². The molecule has 0 aliphatic rings. The van der Waals surface area contributed by atoms with Gasteiger partial charge in [-0.05, 0) is 98.0 Å². The molecule has 5 heteroatoms. The van der Waals surface area contributed by atoms with Crippen LogP contribution in [0.3, 0.4) is 0 Å². The minimum absolute atomic E-state index is 0.0428. The van der Waals surface area contributed by atoms with Crippen molar-refractivity contribution in [2.75, 3.05) is 0 Å². The summed E-state index contributed by atoms with van der Waals surface area (Å²) < 4.78 is 6.31. The van der Waals surface area contributed by atoms with Crippen LogP contribution < -0.4 is 16.0 Å². The molecule has 0 aliphatic carbocycles. The Kier molecular flexibility index (Phi) is 9.49. The summed E-state index contributed by atoms with van der Waals surface area (Å²) in [7, 11) is -1.19. The first-order valence-electron chi connectivity index (χ1n) is 18.8. The van der Waals surface area contributed by atoms with Crippen molar-refractivity contribution in [1.82, 2.24) is 9.97 Å². The smallest absolute Gasteiger partial charge is 0.142 e. The number of furan rings is 1. The second kappa shape index (κ2) is 14.4. The summed E-state index contributed by atoms with van der Waals surface area (Å²) in [6, 6.07) is 50.5. The van der Waals surface area contributed by atoms with Crippen LogP contribution in [-0.4, -0.2) is 15.1 Å². The van der Waals surface area contributed by atoms with E-state index in [0.29, 0.717) is 11.3 Å². The number of phenols is 1. The summed E-state index contributed by atoms with van der Waals surface area (Å²) in [5.74, 6) is 0.198. The molecule has 3 heterocycles. The van der Waals surface area contributed by atoms with E-state index < -0.39 is 7.92 Å². The van der Waals surface area contributed by atoms with E-state index in [1.807, 2.05) is 42.6 Å². The molecule has 0 aliphatic heterocycles. The molecule has 0 spiro atoms. The quantitative estimate of drug-likeness (QED) is 0.166. The molecule has 272 valence electrons. The maximum atomic E-state index is 11.1. The van der Waals surface area contributed by atoms with Crippen molar-refractivity contribution in [3.63, 3.8) is 0 Å². The van der Waals surface area contributed by atoms with Crippen molar-refractivity contribution in [3.05, 3.63) is 169 Å². The van der Waals surface area contributed by atoms with Gasteiger partial charge in [-0.2, -0.15) is 0 Å². The SMILES string of the molecule is CC(C)(C)c1cc(-c2cc(-c3cccc(P(c4ccccn4)c4c(-c5ccccc5)ccc5ccoc45)c3)nc(-c3ccccc3O)c2)cc(C(C)(C)C)c1. The Morgan fingerprint density at radius 1 is 0.545 bits per heavy atom. The normalized spacial score (nSPS) is 12.5. The fourth-order valence-electron chi connectivity index (χ4n) is 7.09. The molecule has 0 fully saturated rings. The van der Waals surface area contributed by atoms with Gasteiger partial charge in [0.1, 0.15) is 11.3 Å². The highest BCUT2D eigenvalue weighted by molar-refractivity contribution is 7.80. The van der Waals surface area contributed by atoms with Crippen LogP contribution >= 0.6 is 7.92 Å². The summed E-state index contributed by atoms with van der Waals surface area (Å²) >= 11 is 0. The number of nitrogens with zero attached hydrogens (tertiary/aromatic N) is 2. The zero-order valence-electron chi connectivity index (χ0n) is 32.2. The molecule has 0 bridgehead atoms. The van der Waals surface area contributed by atoms with Crippen molar-refractivity contribution in [1.29, 1.82) is 0 Å². The van der Waals surface area contributed by atoms with Crippen molar-refractivity contribution in [3.8, 4) is 50.5 Å². The minimum atomic E-state index is -1.19. The fraction of sp³-hybridized carbons (Fsp3) is 0.160. The summed E-state index contributed by atoms with van der Waals surface area (Å²) in [5.41, 5.74) is 12.0. The number of para-hydroxylation sites is 1. The van der Waals surface area contributed by atoms with Crippen molar-refractivity contribution >= 4 is 34.9 Å². The van der Waals surface area contributed by atoms with E-state index in [9.17, 15) is 5.11 Å². The van der Waals surface area contributed by atoms with Crippen LogP contribution in [0.2, 0.25) is 0 Å². The highest BCUT2D eigenvalue weighted by Crippen LogP contribution is 2.42. The average molecular weight is 737 g/mol. The zero-order chi connectivity index (χ0) is 38.3. The zero-order valence-corrected chi connectivity index (χ0v) is 33.1. The Balaban J connectivity index is 1.36. The van der Waals surface area contributed by atoms with E-state index in [-0.39, 0.29) is 16.6 Å². The van der Waals surface area contributed by atoms with Gasteiger partial charge in [0.15, 0.2) is 0 Å². The van der Waals surface area contributed by atoms with E-state index in [1.54, 1.807) is 12.3 Å². The molecule has 1 atom stereocenters. The van der Waals surface area contributed by atoms with Crippen LogP contribution in [-0.2, 0) is 10.8 Å². The summed E-state index contributed by atoms with van der Waals surface area (Å²) in [6.45, 7) is 13.6. The second-order valence-corrected chi connectivity index (χ2v) is 18.3. The Morgan fingerprint density at radius 3 is 1.93 bits per heavy atom. The molecule has 1 N–H and O–H groups in total. The predicted octanol–water partition coefficient (Wildman–Crippen LogP) is 11.9. The van der Waals surface area contributed by atoms with Crippen LogP contribution in [0.4, 0.5) is 0 Å². The van der Waals surface area contributed by atoms with Gasteiger partial charge in [-0.25, -0.2) is 4.98 Å². The second-order valence-electron chi connectivity index (χ2n) is 16.2. The molecule has 0 saturated heterocycles. The van der Waals surface area contributed by atoms with Crippen LogP contribution in [0.1, 0.15) is 52.7 Å². The van der Waals surface area contributed by atoms with Gasteiger partial charge < -0.3 is 9.52 Å². The number of hydrogen-bond donors (Lipinski definition) is 1. The molecule has 8 aromatic rings. The minimum Gasteiger partial charge on any atom is -0.507 e. The highest BCUT2D eigenvalue weighted by atomic mass is 31.1. The third-order valence-corrected chi connectivity index (χ3v) is 12.6. The molecule has 8 rings (SSSR count). The summed E-state index contributed by atoms with van der Waals surface area (Å²) in [6.07, 6.45) is 3.65. The molecular formula is C50H45N2O2P. The van der Waals surface area contributed by atoms with Gasteiger partial charge in [-0.1, -0.05) is 139 Å². The van der Waals surface area contributed by atoms with E-state index in [4.69, 9.17) is 14.4 Å². The number of pyridine rings is 2. The van der Waals surface area contributed by atoms with Gasteiger partial charge in [-0.3, -0.25) is 4.98 Å². The first kappa shape index (κ1) is 36.2. The Labute approximate surface area is 325 Å². The summed E-state index contributed by atoms with van der Waals surface area (Å²) in [5, 5.41) is 14.4. The Bertz CT molecular complexity index is 2600. The number of aromatic nitrogens is 2. The lowest BCUT2D eigenvalue weighted by Crippen LogP contribution is -2.24. The third kappa shape index (κ3) is 7.35. The van der Waals surface area contributed by atoms with E-state index in [2.05, 4.69) is 145 Å². The third-order valence-electron chi connectivity index (χ3n) is 10.2. The molecule has 0 saturated carbocycles. The van der Waals surface area contributed by atoms with Crippen LogP contribution in [0.5, 0.6) is 5.75 Å². The van der Waals surface area contributed by atoms with Gasteiger partial charge >= 0.3 is 0 Å². The fourth-order valence-corrected chi connectivity index (χ4v) is 9.59. The molecular weight excluding hydrogens is 692 g/mol. The molecule has 5 aromatic carbocycles. The Morgan fingerprint density at radius 2 is 1.22 bits per heavy atom. The molecule has 55 heavy (non-hydrogen) atoms. The number of fused-ring (bicyclic) bond motifs is 1. The highest BCUT2D eigenvalue weighted by Gasteiger charge is 2.27. The maximum Gasteiger partial charge on any atom is 0.142 e. The number of aromatic hydroxyl groups is 1. The molecule has 0 radical (unpaired) electrons. The van der Waals surface area contributed by atoms with Gasteiger partial charge in [0.2, 0.25) is 0 Å². The predicted molar refractivity (Wildman–Crippen MR) is 231 cm³/mol. The maximum absolute atomic E-state index is 11.1. The average Bonchev–Trinajstić information content (AvgIpc) is 3.68. The van der Waals surface area contributed by atoms with Crippen molar-refractivity contribution in [2.24, 2.45) is 0 Å². The van der Waals surface area contributed by atoms with Crippen LogP contribution in [0.15, 0.2) is 162 Å². The van der Waals surface area contributed by atoms with Gasteiger partial charge in [-0.15, -0.1) is 0 Å². The molecule has 1 unspecified atom stereocenters. The molecule has 3 aromatic heterocycles. The van der Waals surface area contributed by atoms with Crippen molar-refractivity contribution < 1.29 is 9.52 Å². The summed E-state index contributed by atoms with van der Waals surface area (Å²) in [4.78, 5) is 10.2. The van der Waals surface area contributed by atoms with Gasteiger partial charge in [0, 0.05) is 35.9 Å². The molecule has 0 amide bonds.